The summed E-state index contributed by atoms with van der Waals surface area (Å²) >= 11 is 5.15. The average molecular weight is 263 g/mol. The van der Waals surface area contributed by atoms with E-state index in [9.17, 15) is 0 Å². The molecule has 1 saturated carbocycles. The van der Waals surface area contributed by atoms with Crippen LogP contribution in [0.4, 0.5) is 0 Å². The molecular weight excluding hydrogens is 252 g/mol. The van der Waals surface area contributed by atoms with Gasteiger partial charge in [0.15, 0.2) is 0 Å². The number of hydrogen-bond donors (Lipinski definition) is 0. The minimum absolute atomic E-state index is 0.585. The van der Waals surface area contributed by atoms with Crippen LogP contribution in [-0.4, -0.2) is 31.3 Å². The summed E-state index contributed by atoms with van der Waals surface area (Å²) in [7, 11) is 0. The lowest BCUT2D eigenvalue weighted by Crippen LogP contribution is -1.99. The van der Waals surface area contributed by atoms with Crippen molar-refractivity contribution in [2.45, 2.75) is 30.5 Å². The molecule has 1 heterocycles. The number of hydrogen-bond acceptors (Lipinski definition) is 4. The highest BCUT2D eigenvalue weighted by molar-refractivity contribution is 9.09. The van der Waals surface area contributed by atoms with Gasteiger partial charge in [0.05, 0.1) is 6.04 Å². The molecule has 0 atom stereocenters. The van der Waals surface area contributed by atoms with Gasteiger partial charge in [0, 0.05) is 11.1 Å². The fourth-order valence-corrected chi connectivity index (χ4v) is 2.58. The molecule has 1 aliphatic carbocycles. The molecule has 0 spiro atoms. The van der Waals surface area contributed by atoms with Crippen molar-refractivity contribution in [1.82, 2.24) is 20.2 Å². The first kappa shape index (κ1) is 9.45. The van der Waals surface area contributed by atoms with Crippen molar-refractivity contribution in [2.24, 2.45) is 0 Å². The lowest BCUT2D eigenvalue weighted by molar-refractivity contribution is 0.565. The Kier molecular flexibility index (Phi) is 3.21. The Hall–Kier alpha value is -0.100. The van der Waals surface area contributed by atoms with E-state index in [1.54, 1.807) is 11.8 Å². The van der Waals surface area contributed by atoms with Crippen molar-refractivity contribution in [3.05, 3.63) is 0 Å². The molecule has 0 unspecified atom stereocenters. The van der Waals surface area contributed by atoms with Gasteiger partial charge in [-0.2, -0.15) is 0 Å². The number of alkyl halides is 1. The number of thioether (sulfide) groups is 1. The standard InChI is InChI=1S/C7H11BrN4S/c8-4-1-5-13-7-9-10-11-12(7)6-2-3-6/h6H,1-5H2. The van der Waals surface area contributed by atoms with Gasteiger partial charge in [-0.05, 0) is 29.7 Å². The van der Waals surface area contributed by atoms with E-state index < -0.39 is 0 Å². The average Bonchev–Trinajstić information content (AvgIpc) is 2.88. The lowest BCUT2D eigenvalue weighted by atomic mass is 10.6. The fourth-order valence-electron chi connectivity index (χ4n) is 1.05. The molecule has 6 heteroatoms. The summed E-state index contributed by atoms with van der Waals surface area (Å²) in [6.45, 7) is 0. The van der Waals surface area contributed by atoms with Crippen LogP contribution in [0.5, 0.6) is 0 Å². The van der Waals surface area contributed by atoms with Crippen molar-refractivity contribution in [2.75, 3.05) is 11.1 Å². The maximum absolute atomic E-state index is 4.00. The van der Waals surface area contributed by atoms with E-state index in [0.717, 1.165) is 22.7 Å². The van der Waals surface area contributed by atoms with Gasteiger partial charge < -0.3 is 0 Å². The number of rotatable bonds is 5. The van der Waals surface area contributed by atoms with Gasteiger partial charge in [-0.25, -0.2) is 4.68 Å². The van der Waals surface area contributed by atoms with Gasteiger partial charge in [0.1, 0.15) is 0 Å². The predicted molar refractivity (Wildman–Crippen MR) is 55.2 cm³/mol. The summed E-state index contributed by atoms with van der Waals surface area (Å²) in [5.41, 5.74) is 0. The predicted octanol–water partition coefficient (Wildman–Crippen LogP) is 1.89. The van der Waals surface area contributed by atoms with Crippen molar-refractivity contribution in [1.29, 1.82) is 0 Å². The van der Waals surface area contributed by atoms with Crippen LogP contribution in [0.1, 0.15) is 25.3 Å². The van der Waals surface area contributed by atoms with Crippen molar-refractivity contribution in [3.63, 3.8) is 0 Å². The smallest absolute Gasteiger partial charge is 0.209 e. The topological polar surface area (TPSA) is 43.6 Å². The van der Waals surface area contributed by atoms with E-state index in [1.165, 1.54) is 12.8 Å². The van der Waals surface area contributed by atoms with Crippen LogP contribution in [0, 0.1) is 0 Å². The van der Waals surface area contributed by atoms with Gasteiger partial charge in [0.2, 0.25) is 5.16 Å². The summed E-state index contributed by atoms with van der Waals surface area (Å²) in [4.78, 5) is 0. The zero-order valence-corrected chi connectivity index (χ0v) is 9.59. The molecule has 0 saturated heterocycles. The molecule has 2 rings (SSSR count). The van der Waals surface area contributed by atoms with Crippen LogP contribution in [-0.2, 0) is 0 Å². The molecule has 0 N–H and O–H groups in total. The van der Waals surface area contributed by atoms with Gasteiger partial charge >= 0.3 is 0 Å². The van der Waals surface area contributed by atoms with Crippen LogP contribution < -0.4 is 0 Å². The van der Waals surface area contributed by atoms with E-state index in [2.05, 4.69) is 31.5 Å². The highest BCUT2D eigenvalue weighted by Gasteiger charge is 2.27. The number of aromatic nitrogens is 4. The molecule has 0 aromatic carbocycles. The Morgan fingerprint density at radius 3 is 3.08 bits per heavy atom. The van der Waals surface area contributed by atoms with Crippen molar-refractivity contribution in [3.8, 4) is 0 Å². The monoisotopic (exact) mass is 262 g/mol. The number of halogens is 1. The van der Waals surface area contributed by atoms with Gasteiger partial charge in [-0.15, -0.1) is 5.10 Å². The van der Waals surface area contributed by atoms with E-state index in [0.29, 0.717) is 6.04 Å². The maximum Gasteiger partial charge on any atom is 0.209 e. The lowest BCUT2D eigenvalue weighted by Gasteiger charge is -2.00. The molecule has 72 valence electrons. The molecule has 1 aromatic rings. The van der Waals surface area contributed by atoms with Crippen LogP contribution in [0.2, 0.25) is 0 Å². The van der Waals surface area contributed by atoms with Gasteiger partial charge in [-0.3, -0.25) is 0 Å². The molecule has 0 amide bonds. The largest absolute Gasteiger partial charge is 0.217 e. The Morgan fingerprint density at radius 2 is 2.38 bits per heavy atom. The van der Waals surface area contributed by atoms with E-state index in [4.69, 9.17) is 0 Å². The zero-order valence-electron chi connectivity index (χ0n) is 7.19. The van der Waals surface area contributed by atoms with E-state index >= 15 is 0 Å². The second-order valence-corrected chi connectivity index (χ2v) is 4.88. The molecule has 1 aliphatic rings. The highest BCUT2D eigenvalue weighted by atomic mass is 79.9. The SMILES string of the molecule is BrCCCSc1nnnn1C1CC1. The molecule has 1 fully saturated rings. The molecule has 1 aromatic heterocycles. The Balaban J connectivity index is 1.90. The summed E-state index contributed by atoms with van der Waals surface area (Å²) in [6, 6.07) is 0.585. The minimum atomic E-state index is 0.585. The molecule has 13 heavy (non-hydrogen) atoms. The summed E-state index contributed by atoms with van der Waals surface area (Å²) < 4.78 is 1.96. The van der Waals surface area contributed by atoms with E-state index in [-0.39, 0.29) is 0 Å². The molecule has 0 aliphatic heterocycles. The Bertz CT molecular complexity index is 273. The van der Waals surface area contributed by atoms with Crippen LogP contribution in [0.3, 0.4) is 0 Å². The molecular formula is C7H11BrN4S. The van der Waals surface area contributed by atoms with Crippen LogP contribution >= 0.6 is 27.7 Å². The second kappa shape index (κ2) is 4.41. The van der Waals surface area contributed by atoms with Crippen LogP contribution in [0.15, 0.2) is 5.16 Å². The first-order chi connectivity index (χ1) is 6.42. The minimum Gasteiger partial charge on any atom is -0.217 e. The molecule has 0 radical (unpaired) electrons. The third kappa shape index (κ3) is 2.43. The van der Waals surface area contributed by atoms with E-state index in [1.807, 2.05) is 4.68 Å². The Labute approximate surface area is 89.6 Å². The summed E-state index contributed by atoms with van der Waals surface area (Å²) in [6.07, 6.45) is 3.62. The quantitative estimate of drug-likeness (QED) is 0.462. The third-order valence-electron chi connectivity index (χ3n) is 1.86. The zero-order chi connectivity index (χ0) is 9.10. The summed E-state index contributed by atoms with van der Waals surface area (Å²) in [5.74, 6) is 1.08. The van der Waals surface area contributed by atoms with Crippen molar-refractivity contribution < 1.29 is 0 Å². The van der Waals surface area contributed by atoms with Gasteiger partial charge in [0.25, 0.3) is 0 Å². The number of nitrogens with zero attached hydrogens (tertiary/aromatic N) is 4. The first-order valence-electron chi connectivity index (χ1n) is 4.38. The number of tetrazole rings is 1. The first-order valence-corrected chi connectivity index (χ1v) is 6.49. The summed E-state index contributed by atoms with van der Waals surface area (Å²) in [5, 5.41) is 13.7. The molecule has 4 nitrogen and oxygen atoms in total. The Morgan fingerprint density at radius 1 is 1.54 bits per heavy atom. The van der Waals surface area contributed by atoms with Gasteiger partial charge in [-0.1, -0.05) is 27.7 Å². The normalized spacial score (nSPS) is 16.4. The van der Waals surface area contributed by atoms with Crippen LogP contribution in [0.25, 0.3) is 0 Å². The molecule has 0 bridgehead atoms. The van der Waals surface area contributed by atoms with Crippen molar-refractivity contribution >= 4 is 27.7 Å². The highest BCUT2D eigenvalue weighted by Crippen LogP contribution is 2.36. The third-order valence-corrected chi connectivity index (χ3v) is 3.44. The second-order valence-electron chi connectivity index (χ2n) is 3.03. The fraction of sp³-hybridized carbons (Fsp3) is 0.857. The maximum atomic E-state index is 4.00.